The second-order valence-electron chi connectivity index (χ2n) is 4.76. The molecule has 2 rings (SSSR count). The zero-order valence-corrected chi connectivity index (χ0v) is 11.4. The van der Waals surface area contributed by atoms with Gasteiger partial charge in [0.1, 0.15) is 17.7 Å². The number of esters is 1. The molecule has 0 aromatic heterocycles. The third kappa shape index (κ3) is 3.26. The Bertz CT molecular complexity index is 562. The van der Waals surface area contributed by atoms with Crippen LogP contribution in [-0.2, 0) is 27.2 Å². The fraction of sp³-hybridized carbons (Fsp3) is 0.400. The second-order valence-corrected chi connectivity index (χ2v) is 4.76. The van der Waals surface area contributed by atoms with Gasteiger partial charge in [-0.25, -0.2) is 4.79 Å². The lowest BCUT2D eigenvalue weighted by molar-refractivity contribution is -0.144. The molecule has 1 unspecified atom stereocenters. The van der Waals surface area contributed by atoms with Crippen LogP contribution in [0.5, 0.6) is 0 Å². The van der Waals surface area contributed by atoms with Crippen LogP contribution in [0.3, 0.4) is 0 Å². The fourth-order valence-corrected chi connectivity index (χ4v) is 2.23. The minimum Gasteiger partial charge on any atom is -0.465 e. The van der Waals surface area contributed by atoms with Gasteiger partial charge in [0.25, 0.3) is 0 Å². The molecule has 0 spiro atoms. The van der Waals surface area contributed by atoms with Crippen LogP contribution in [0.4, 0.5) is 5.69 Å². The van der Waals surface area contributed by atoms with Crippen LogP contribution in [0.15, 0.2) is 23.9 Å². The SMILES string of the molecule is CCOC(=O)C(N)Cc1ccc2c(c1)NC(=C=O)CC2. The first-order chi connectivity index (χ1) is 9.63. The van der Waals surface area contributed by atoms with Crippen molar-refractivity contribution in [2.24, 2.45) is 5.73 Å². The molecule has 1 heterocycles. The summed E-state index contributed by atoms with van der Waals surface area (Å²) in [5.41, 5.74) is 9.34. The minimum atomic E-state index is -0.669. The van der Waals surface area contributed by atoms with E-state index in [0.29, 0.717) is 25.1 Å². The van der Waals surface area contributed by atoms with Gasteiger partial charge in [-0.2, -0.15) is 0 Å². The molecule has 1 aromatic carbocycles. The van der Waals surface area contributed by atoms with E-state index >= 15 is 0 Å². The molecule has 20 heavy (non-hydrogen) atoms. The maximum atomic E-state index is 11.5. The van der Waals surface area contributed by atoms with Crippen LogP contribution in [0.1, 0.15) is 24.5 Å². The van der Waals surface area contributed by atoms with Gasteiger partial charge in [0.15, 0.2) is 0 Å². The highest BCUT2D eigenvalue weighted by Crippen LogP contribution is 2.27. The molecular weight excluding hydrogens is 256 g/mol. The quantitative estimate of drug-likeness (QED) is 0.637. The minimum absolute atomic E-state index is 0.325. The molecule has 0 saturated carbocycles. The lowest BCUT2D eigenvalue weighted by Gasteiger charge is -2.20. The standard InChI is InChI=1S/C15H18N2O3/c1-2-20-15(19)13(16)7-10-3-4-11-5-6-12(9-18)17-14(11)8-10/h3-4,8,13,17H,2,5-7,16H2,1H3. The Morgan fingerprint density at radius 2 is 2.30 bits per heavy atom. The normalized spacial score (nSPS) is 14.8. The Kier molecular flexibility index (Phi) is 4.56. The van der Waals surface area contributed by atoms with Gasteiger partial charge >= 0.3 is 5.97 Å². The van der Waals surface area contributed by atoms with Crippen LogP contribution in [-0.4, -0.2) is 24.6 Å². The smallest absolute Gasteiger partial charge is 0.323 e. The van der Waals surface area contributed by atoms with Crippen LogP contribution in [0.25, 0.3) is 0 Å². The van der Waals surface area contributed by atoms with Crippen LogP contribution < -0.4 is 11.1 Å². The molecule has 0 amide bonds. The zero-order chi connectivity index (χ0) is 14.5. The molecule has 0 radical (unpaired) electrons. The number of carbonyl (C=O) groups is 1. The van der Waals surface area contributed by atoms with Gasteiger partial charge in [0.05, 0.1) is 6.61 Å². The molecule has 1 atom stereocenters. The lowest BCUT2D eigenvalue weighted by atomic mass is 9.97. The first-order valence-corrected chi connectivity index (χ1v) is 6.69. The number of carbonyl (C=O) groups excluding carboxylic acids is 2. The van der Waals surface area contributed by atoms with Gasteiger partial charge in [-0.05, 0) is 37.0 Å². The van der Waals surface area contributed by atoms with Crippen molar-refractivity contribution in [3.63, 3.8) is 0 Å². The number of rotatable bonds is 4. The van der Waals surface area contributed by atoms with E-state index in [1.54, 1.807) is 6.92 Å². The number of allylic oxidation sites excluding steroid dienone is 1. The summed E-state index contributed by atoms with van der Waals surface area (Å²) in [6.45, 7) is 2.08. The second kappa shape index (κ2) is 6.37. The summed E-state index contributed by atoms with van der Waals surface area (Å²) in [4.78, 5) is 22.2. The lowest BCUT2D eigenvalue weighted by Crippen LogP contribution is -2.34. The topological polar surface area (TPSA) is 81.4 Å². The van der Waals surface area contributed by atoms with Crippen molar-refractivity contribution in [3.8, 4) is 0 Å². The van der Waals surface area contributed by atoms with Crippen molar-refractivity contribution in [2.45, 2.75) is 32.2 Å². The van der Waals surface area contributed by atoms with E-state index in [9.17, 15) is 9.59 Å². The maximum Gasteiger partial charge on any atom is 0.323 e. The van der Waals surface area contributed by atoms with Gasteiger partial charge in [0, 0.05) is 12.1 Å². The molecule has 1 aromatic rings. The van der Waals surface area contributed by atoms with Gasteiger partial charge in [-0.3, -0.25) is 4.79 Å². The van der Waals surface area contributed by atoms with Gasteiger partial charge < -0.3 is 15.8 Å². The number of benzene rings is 1. The van der Waals surface area contributed by atoms with Crippen molar-refractivity contribution >= 4 is 17.6 Å². The molecule has 1 aliphatic rings. The van der Waals surface area contributed by atoms with E-state index in [-0.39, 0.29) is 0 Å². The van der Waals surface area contributed by atoms with Gasteiger partial charge in [0.2, 0.25) is 0 Å². The summed E-state index contributed by atoms with van der Waals surface area (Å²) in [6, 6.07) is 5.20. The molecular formula is C15H18N2O3. The number of nitrogens with two attached hydrogens (primary N) is 1. The molecule has 3 N–H and O–H groups in total. The predicted molar refractivity (Wildman–Crippen MR) is 75.9 cm³/mol. The van der Waals surface area contributed by atoms with E-state index in [2.05, 4.69) is 5.32 Å². The van der Waals surface area contributed by atoms with E-state index in [0.717, 1.165) is 23.2 Å². The number of hydrogen-bond donors (Lipinski definition) is 2. The Hall–Kier alpha value is -2.10. The van der Waals surface area contributed by atoms with Crippen molar-refractivity contribution in [1.82, 2.24) is 0 Å². The Labute approximate surface area is 117 Å². The maximum absolute atomic E-state index is 11.5. The average Bonchev–Trinajstić information content (AvgIpc) is 2.46. The zero-order valence-electron chi connectivity index (χ0n) is 11.4. The van der Waals surface area contributed by atoms with Crippen LogP contribution >= 0.6 is 0 Å². The number of nitrogens with one attached hydrogen (secondary N) is 1. The summed E-state index contributed by atoms with van der Waals surface area (Å²) in [7, 11) is 0. The summed E-state index contributed by atoms with van der Waals surface area (Å²) >= 11 is 0. The van der Waals surface area contributed by atoms with Crippen molar-refractivity contribution in [1.29, 1.82) is 0 Å². The molecule has 0 bridgehead atoms. The number of ether oxygens (including phenoxy) is 1. The highest BCUT2D eigenvalue weighted by molar-refractivity contribution is 5.76. The molecule has 0 aliphatic carbocycles. The van der Waals surface area contributed by atoms with Crippen LogP contribution in [0, 0.1) is 0 Å². The summed E-state index contributed by atoms with van der Waals surface area (Å²) < 4.78 is 4.89. The van der Waals surface area contributed by atoms with Gasteiger partial charge in [-0.15, -0.1) is 0 Å². The Morgan fingerprint density at radius 3 is 3.00 bits per heavy atom. The Morgan fingerprint density at radius 1 is 1.50 bits per heavy atom. The van der Waals surface area contributed by atoms with E-state index < -0.39 is 12.0 Å². The van der Waals surface area contributed by atoms with E-state index in [1.807, 2.05) is 24.1 Å². The first-order valence-electron chi connectivity index (χ1n) is 6.69. The Balaban J connectivity index is 2.11. The van der Waals surface area contributed by atoms with Crippen molar-refractivity contribution in [3.05, 3.63) is 35.0 Å². The van der Waals surface area contributed by atoms with Crippen LogP contribution in [0.2, 0.25) is 0 Å². The highest BCUT2D eigenvalue weighted by atomic mass is 16.5. The monoisotopic (exact) mass is 274 g/mol. The number of anilines is 1. The van der Waals surface area contributed by atoms with E-state index in [4.69, 9.17) is 10.5 Å². The fourth-order valence-electron chi connectivity index (χ4n) is 2.23. The number of hydrogen-bond acceptors (Lipinski definition) is 5. The number of aryl methyl sites for hydroxylation is 1. The molecule has 106 valence electrons. The summed E-state index contributed by atoms with van der Waals surface area (Å²) in [6.07, 6.45) is 1.91. The predicted octanol–water partition coefficient (Wildman–Crippen LogP) is 1.19. The molecule has 1 aliphatic heterocycles. The summed E-state index contributed by atoms with van der Waals surface area (Å²) in [5.74, 6) is 1.50. The molecule has 5 heteroatoms. The third-order valence-electron chi connectivity index (χ3n) is 3.27. The molecule has 0 fully saturated rings. The van der Waals surface area contributed by atoms with Gasteiger partial charge in [-0.1, -0.05) is 12.1 Å². The third-order valence-corrected chi connectivity index (χ3v) is 3.27. The summed E-state index contributed by atoms with van der Waals surface area (Å²) in [5, 5.41) is 3.05. The van der Waals surface area contributed by atoms with Crippen molar-refractivity contribution in [2.75, 3.05) is 11.9 Å². The first kappa shape index (κ1) is 14.3. The van der Waals surface area contributed by atoms with Crippen molar-refractivity contribution < 1.29 is 14.3 Å². The van der Waals surface area contributed by atoms with E-state index in [1.165, 1.54) is 0 Å². The number of fused-ring (bicyclic) bond motifs is 1. The molecule has 0 saturated heterocycles. The molecule has 5 nitrogen and oxygen atoms in total. The average molecular weight is 274 g/mol. The largest absolute Gasteiger partial charge is 0.465 e. The highest BCUT2D eigenvalue weighted by Gasteiger charge is 2.17.